The van der Waals surface area contributed by atoms with Gasteiger partial charge >= 0.3 is 6.09 Å². The number of benzene rings is 3. The van der Waals surface area contributed by atoms with Crippen molar-refractivity contribution in [2.24, 2.45) is 7.05 Å². The Hall–Kier alpha value is -4.75. The van der Waals surface area contributed by atoms with Crippen LogP contribution in [0.1, 0.15) is 66.1 Å². The Kier molecular flexibility index (Phi) is 9.26. The van der Waals surface area contributed by atoms with Gasteiger partial charge < -0.3 is 14.0 Å². The van der Waals surface area contributed by atoms with Gasteiger partial charge in [0.05, 0.1) is 7.11 Å². The summed E-state index contributed by atoms with van der Waals surface area (Å²) in [7, 11) is -0.723. The molecule has 1 fully saturated rings. The third-order valence-electron chi connectivity index (χ3n) is 7.63. The molecule has 1 aliphatic rings. The Morgan fingerprint density at radius 1 is 1.02 bits per heavy atom. The molecule has 0 atom stereocenters. The number of nitrogens with zero attached hydrogens (tertiary/aromatic N) is 1. The summed E-state index contributed by atoms with van der Waals surface area (Å²) in [6.45, 7) is 1.87. The fourth-order valence-electron chi connectivity index (χ4n) is 5.46. The molecule has 2 amide bonds. The molecule has 2 N–H and O–H groups in total. The molecule has 10 heteroatoms. The zero-order chi connectivity index (χ0) is 31.3. The van der Waals surface area contributed by atoms with Crippen LogP contribution in [0, 0.1) is 11.8 Å². The summed E-state index contributed by atoms with van der Waals surface area (Å²) in [5.74, 6) is 5.38. The second kappa shape index (κ2) is 13.3. The third-order valence-corrected chi connectivity index (χ3v) is 9.02. The minimum Gasteiger partial charge on any atom is -0.496 e. The van der Waals surface area contributed by atoms with Crippen LogP contribution >= 0.6 is 0 Å². The van der Waals surface area contributed by atoms with Gasteiger partial charge in [-0.15, -0.1) is 0 Å². The Morgan fingerprint density at radius 2 is 1.80 bits per heavy atom. The molecule has 0 spiro atoms. The lowest BCUT2D eigenvalue weighted by Crippen LogP contribution is -2.31. The molecule has 228 valence electrons. The van der Waals surface area contributed by atoms with Gasteiger partial charge in [-0.05, 0) is 79.3 Å². The van der Waals surface area contributed by atoms with Crippen molar-refractivity contribution < 1.29 is 27.5 Å². The van der Waals surface area contributed by atoms with Crippen LogP contribution in [-0.2, 0) is 28.2 Å². The molecule has 1 saturated carbocycles. The van der Waals surface area contributed by atoms with Crippen LogP contribution in [0.25, 0.3) is 10.9 Å². The number of anilines is 1. The van der Waals surface area contributed by atoms with Crippen LogP contribution in [0.4, 0.5) is 10.5 Å². The molecule has 1 aromatic heterocycles. The first kappa shape index (κ1) is 30.7. The standard InChI is InChI=1S/C34H35N3O6S/c1-4-5-10-23-11-6-9-14-32(23)44(40,41)36-33(38)25-16-15-24(31(20-25)42-3)19-26-22-37(2)30-18-17-27(21-29(26)30)35-34(39)43-28-12-7-8-13-28/h6,9,11,14-18,20-22,28H,4,7-8,12-13,19H2,1-3H3,(H,35,39)(H,36,38). The molecule has 0 unspecified atom stereocenters. The van der Waals surface area contributed by atoms with Crippen LogP contribution in [0.3, 0.4) is 0 Å². The van der Waals surface area contributed by atoms with Gasteiger partial charge in [0.15, 0.2) is 0 Å². The van der Waals surface area contributed by atoms with E-state index in [0.29, 0.717) is 29.8 Å². The van der Waals surface area contributed by atoms with Crippen LogP contribution in [0.5, 0.6) is 5.75 Å². The number of hydrogen-bond donors (Lipinski definition) is 2. The van der Waals surface area contributed by atoms with Crippen molar-refractivity contribution in [1.82, 2.24) is 9.29 Å². The van der Waals surface area contributed by atoms with Gasteiger partial charge in [-0.3, -0.25) is 10.1 Å². The number of methoxy groups -OCH3 is 1. The van der Waals surface area contributed by atoms with Crippen LogP contribution in [-0.4, -0.2) is 38.2 Å². The van der Waals surface area contributed by atoms with Crippen molar-refractivity contribution in [3.8, 4) is 17.6 Å². The number of aromatic nitrogens is 1. The van der Waals surface area contributed by atoms with Gasteiger partial charge in [-0.25, -0.2) is 17.9 Å². The van der Waals surface area contributed by atoms with E-state index in [1.54, 1.807) is 30.3 Å². The highest BCUT2D eigenvalue weighted by atomic mass is 32.2. The first-order chi connectivity index (χ1) is 21.2. The van der Waals surface area contributed by atoms with Gasteiger partial charge in [0, 0.05) is 53.8 Å². The Labute approximate surface area is 257 Å². The van der Waals surface area contributed by atoms with Gasteiger partial charge in [0.2, 0.25) is 0 Å². The van der Waals surface area contributed by atoms with E-state index in [4.69, 9.17) is 9.47 Å². The molecule has 3 aromatic carbocycles. The van der Waals surface area contributed by atoms with E-state index in [1.165, 1.54) is 19.2 Å². The summed E-state index contributed by atoms with van der Waals surface area (Å²) in [5.41, 5.74) is 3.86. The largest absolute Gasteiger partial charge is 0.496 e. The number of nitrogens with one attached hydrogen (secondary N) is 2. The first-order valence-electron chi connectivity index (χ1n) is 14.6. The fourth-order valence-corrected chi connectivity index (χ4v) is 6.60. The van der Waals surface area contributed by atoms with E-state index < -0.39 is 22.0 Å². The topological polar surface area (TPSA) is 116 Å². The van der Waals surface area contributed by atoms with Crippen molar-refractivity contribution in [1.29, 1.82) is 0 Å². The molecule has 0 aliphatic heterocycles. The van der Waals surface area contributed by atoms with Crippen LogP contribution < -0.4 is 14.8 Å². The molecule has 5 rings (SSSR count). The third kappa shape index (κ3) is 6.90. The van der Waals surface area contributed by atoms with E-state index in [0.717, 1.165) is 47.7 Å². The maximum absolute atomic E-state index is 13.1. The lowest BCUT2D eigenvalue weighted by atomic mass is 10.0. The molecule has 1 heterocycles. The van der Waals surface area contributed by atoms with Crippen LogP contribution in [0.2, 0.25) is 0 Å². The van der Waals surface area contributed by atoms with Gasteiger partial charge in [0.1, 0.15) is 16.7 Å². The predicted octanol–water partition coefficient (Wildman–Crippen LogP) is 6.15. The van der Waals surface area contributed by atoms with E-state index in [1.807, 2.05) is 42.9 Å². The molecule has 44 heavy (non-hydrogen) atoms. The van der Waals surface area contributed by atoms with Crippen molar-refractivity contribution in [3.05, 3.63) is 89.1 Å². The average Bonchev–Trinajstić information content (AvgIpc) is 3.63. The highest BCUT2D eigenvalue weighted by Crippen LogP contribution is 2.30. The monoisotopic (exact) mass is 613 g/mol. The summed E-state index contributed by atoms with van der Waals surface area (Å²) in [4.78, 5) is 25.5. The summed E-state index contributed by atoms with van der Waals surface area (Å²) in [6.07, 6.45) is 6.52. The number of sulfonamides is 1. The number of carbonyl (C=O) groups is 2. The average molecular weight is 614 g/mol. The molecule has 9 nitrogen and oxygen atoms in total. The summed E-state index contributed by atoms with van der Waals surface area (Å²) < 4.78 is 41.5. The van der Waals surface area contributed by atoms with Crippen molar-refractivity contribution in [3.63, 3.8) is 0 Å². The van der Waals surface area contributed by atoms with Crippen molar-refractivity contribution in [2.45, 2.75) is 56.4 Å². The van der Waals surface area contributed by atoms with E-state index >= 15 is 0 Å². The van der Waals surface area contributed by atoms with Gasteiger partial charge in [-0.1, -0.05) is 37.0 Å². The molecule has 0 bridgehead atoms. The second-order valence-electron chi connectivity index (χ2n) is 10.7. The highest BCUT2D eigenvalue weighted by molar-refractivity contribution is 7.90. The van der Waals surface area contributed by atoms with Crippen molar-refractivity contribution >= 4 is 38.6 Å². The smallest absolute Gasteiger partial charge is 0.411 e. The number of rotatable bonds is 8. The van der Waals surface area contributed by atoms with Gasteiger partial charge in [0.25, 0.3) is 15.9 Å². The number of ether oxygens (including phenoxy) is 2. The quantitative estimate of drug-likeness (QED) is 0.231. The van der Waals surface area contributed by atoms with Gasteiger partial charge in [-0.2, -0.15) is 0 Å². The minimum atomic E-state index is -4.17. The molecular formula is C34H35N3O6S. The number of aryl methyl sites for hydroxylation is 1. The molecule has 0 saturated heterocycles. The Balaban J connectivity index is 1.35. The zero-order valence-electron chi connectivity index (χ0n) is 25.0. The second-order valence-corrected chi connectivity index (χ2v) is 12.4. The summed E-state index contributed by atoms with van der Waals surface area (Å²) in [6, 6.07) is 16.9. The summed E-state index contributed by atoms with van der Waals surface area (Å²) >= 11 is 0. The van der Waals surface area contributed by atoms with Crippen molar-refractivity contribution in [2.75, 3.05) is 12.4 Å². The maximum Gasteiger partial charge on any atom is 0.411 e. The van der Waals surface area contributed by atoms with Crippen LogP contribution in [0.15, 0.2) is 71.8 Å². The predicted molar refractivity (Wildman–Crippen MR) is 169 cm³/mol. The molecule has 0 radical (unpaired) electrons. The molecule has 4 aromatic rings. The Bertz CT molecular complexity index is 1880. The SMILES string of the molecule is CCC#Cc1ccccc1S(=O)(=O)NC(=O)c1ccc(Cc2cn(C)c3ccc(NC(=O)OC4CCCC4)cc23)c(OC)c1. The Morgan fingerprint density at radius 3 is 2.55 bits per heavy atom. The van der Waals surface area contributed by atoms with E-state index in [9.17, 15) is 18.0 Å². The lowest BCUT2D eigenvalue weighted by molar-refractivity contribution is 0.0980. The number of fused-ring (bicyclic) bond motifs is 1. The maximum atomic E-state index is 13.1. The number of amides is 2. The molecule has 1 aliphatic carbocycles. The summed E-state index contributed by atoms with van der Waals surface area (Å²) in [5, 5.41) is 3.80. The zero-order valence-corrected chi connectivity index (χ0v) is 25.8. The lowest BCUT2D eigenvalue weighted by Gasteiger charge is -2.13. The van der Waals surface area contributed by atoms with E-state index in [2.05, 4.69) is 21.9 Å². The number of carbonyl (C=O) groups excluding carboxylic acids is 2. The van der Waals surface area contributed by atoms with E-state index in [-0.39, 0.29) is 16.6 Å². The first-order valence-corrected chi connectivity index (χ1v) is 16.0. The highest BCUT2D eigenvalue weighted by Gasteiger charge is 2.23. The fraction of sp³-hybridized carbons (Fsp3) is 0.294. The molecular weight excluding hydrogens is 578 g/mol. The number of hydrogen-bond acceptors (Lipinski definition) is 6. The normalized spacial score (nSPS) is 13.2. The minimum absolute atomic E-state index is 0.0282.